The molecule has 2 rings (SSSR count). The van der Waals surface area contributed by atoms with Crippen molar-refractivity contribution in [2.75, 3.05) is 14.2 Å². The number of methoxy groups -OCH3 is 2. The third-order valence-electron chi connectivity index (χ3n) is 3.23. The van der Waals surface area contributed by atoms with Crippen LogP contribution in [0.15, 0.2) is 48.3 Å². The van der Waals surface area contributed by atoms with Crippen molar-refractivity contribution < 1.29 is 14.3 Å². The highest BCUT2D eigenvalue weighted by molar-refractivity contribution is 6.01. The van der Waals surface area contributed by atoms with Gasteiger partial charge in [-0.25, -0.2) is 0 Å². The number of carbonyl (C=O) groups excluding carboxylic acids is 1. The number of nitrogens with zero attached hydrogens (tertiary/aromatic N) is 2. The van der Waals surface area contributed by atoms with Crippen molar-refractivity contribution in [3.8, 4) is 17.6 Å². The normalized spacial score (nSPS) is 10.6. The van der Waals surface area contributed by atoms with Gasteiger partial charge in [-0.05, 0) is 35.4 Å². The van der Waals surface area contributed by atoms with Crippen LogP contribution in [0.25, 0.3) is 6.08 Å². The minimum Gasteiger partial charge on any atom is -0.497 e. The molecule has 0 aliphatic rings. The quantitative estimate of drug-likeness (QED) is 0.651. The van der Waals surface area contributed by atoms with Gasteiger partial charge in [0.05, 0.1) is 14.2 Å². The number of carbonyl (C=O) groups is 1. The number of hydrogen-bond acceptors (Lipinski definition) is 5. The van der Waals surface area contributed by atoms with Gasteiger partial charge in [0, 0.05) is 25.0 Å². The van der Waals surface area contributed by atoms with E-state index < -0.39 is 5.91 Å². The molecule has 6 nitrogen and oxygen atoms in total. The van der Waals surface area contributed by atoms with Crippen LogP contribution in [0.3, 0.4) is 0 Å². The van der Waals surface area contributed by atoms with E-state index in [0.717, 1.165) is 5.56 Å². The third-order valence-corrected chi connectivity index (χ3v) is 3.23. The van der Waals surface area contributed by atoms with E-state index in [0.29, 0.717) is 23.6 Å². The Balaban J connectivity index is 2.16. The lowest BCUT2D eigenvalue weighted by molar-refractivity contribution is -0.117. The fourth-order valence-electron chi connectivity index (χ4n) is 2.01. The number of nitrogens with one attached hydrogen (secondary N) is 1. The standard InChI is InChI=1S/C18H17N3O3/c1-23-16-7-14(8-17(9-16)24-2)6-15(10-19)18(22)21-12-13-4-3-5-20-11-13/h3-9,11H,12H2,1-2H3,(H,21,22)/b15-6+. The lowest BCUT2D eigenvalue weighted by Gasteiger charge is -2.07. The third kappa shape index (κ3) is 4.58. The smallest absolute Gasteiger partial charge is 0.262 e. The fraction of sp³-hybridized carbons (Fsp3) is 0.167. The molecule has 1 heterocycles. The molecule has 0 atom stereocenters. The Hall–Kier alpha value is -3.33. The molecule has 0 saturated heterocycles. The van der Waals surface area contributed by atoms with E-state index in [1.165, 1.54) is 20.3 Å². The second-order valence-corrected chi connectivity index (χ2v) is 4.86. The average molecular weight is 323 g/mol. The number of hydrogen-bond donors (Lipinski definition) is 1. The second kappa shape index (κ2) is 8.34. The second-order valence-electron chi connectivity index (χ2n) is 4.86. The van der Waals surface area contributed by atoms with Crippen LogP contribution in [-0.2, 0) is 11.3 Å². The molecule has 122 valence electrons. The Bertz CT molecular complexity index is 758. The number of pyridine rings is 1. The number of aromatic nitrogens is 1. The maximum atomic E-state index is 12.2. The van der Waals surface area contributed by atoms with Crippen molar-refractivity contribution in [2.45, 2.75) is 6.54 Å². The van der Waals surface area contributed by atoms with Crippen molar-refractivity contribution in [2.24, 2.45) is 0 Å². The molecule has 2 aromatic rings. The Morgan fingerprint density at radius 1 is 1.29 bits per heavy atom. The molecular formula is C18H17N3O3. The minimum atomic E-state index is -0.455. The summed E-state index contributed by atoms with van der Waals surface area (Å²) in [5.74, 6) is 0.699. The minimum absolute atomic E-state index is 0.00537. The first-order valence-electron chi connectivity index (χ1n) is 7.18. The summed E-state index contributed by atoms with van der Waals surface area (Å²) < 4.78 is 10.4. The number of nitriles is 1. The van der Waals surface area contributed by atoms with Crippen LogP contribution < -0.4 is 14.8 Å². The van der Waals surface area contributed by atoms with Gasteiger partial charge in [0.2, 0.25) is 0 Å². The van der Waals surface area contributed by atoms with E-state index >= 15 is 0 Å². The highest BCUT2D eigenvalue weighted by Crippen LogP contribution is 2.24. The molecular weight excluding hydrogens is 306 g/mol. The number of benzene rings is 1. The van der Waals surface area contributed by atoms with E-state index in [9.17, 15) is 10.1 Å². The van der Waals surface area contributed by atoms with Crippen molar-refractivity contribution in [3.63, 3.8) is 0 Å². The molecule has 1 amide bonds. The summed E-state index contributed by atoms with van der Waals surface area (Å²) in [7, 11) is 3.07. The first-order valence-corrected chi connectivity index (χ1v) is 7.18. The van der Waals surface area contributed by atoms with Crippen LogP contribution in [0.5, 0.6) is 11.5 Å². The van der Waals surface area contributed by atoms with Gasteiger partial charge in [-0.3, -0.25) is 9.78 Å². The summed E-state index contributed by atoms with van der Waals surface area (Å²) in [6.45, 7) is 0.299. The van der Waals surface area contributed by atoms with Crippen LogP contribution >= 0.6 is 0 Å². The van der Waals surface area contributed by atoms with Gasteiger partial charge in [0.1, 0.15) is 23.1 Å². The average Bonchev–Trinajstić information content (AvgIpc) is 2.64. The summed E-state index contributed by atoms with van der Waals surface area (Å²) in [6.07, 6.45) is 4.80. The zero-order valence-electron chi connectivity index (χ0n) is 13.4. The van der Waals surface area contributed by atoms with Crippen LogP contribution in [0.4, 0.5) is 0 Å². The van der Waals surface area contributed by atoms with Crippen molar-refractivity contribution in [3.05, 3.63) is 59.4 Å². The number of rotatable bonds is 6. The topological polar surface area (TPSA) is 84.2 Å². The lowest BCUT2D eigenvalue weighted by atomic mass is 10.1. The first-order chi connectivity index (χ1) is 11.7. The highest BCUT2D eigenvalue weighted by atomic mass is 16.5. The molecule has 0 fully saturated rings. The SMILES string of the molecule is COc1cc(/C=C(\C#N)C(=O)NCc2cccnc2)cc(OC)c1. The largest absolute Gasteiger partial charge is 0.497 e. The zero-order chi connectivity index (χ0) is 17.4. The Kier molecular flexibility index (Phi) is 5.92. The first kappa shape index (κ1) is 17.0. The van der Waals surface area contributed by atoms with Gasteiger partial charge in [-0.2, -0.15) is 5.26 Å². The number of amides is 1. The van der Waals surface area contributed by atoms with Crippen molar-refractivity contribution in [1.82, 2.24) is 10.3 Å². The molecule has 0 bridgehead atoms. The molecule has 0 aliphatic carbocycles. The molecule has 1 N–H and O–H groups in total. The lowest BCUT2D eigenvalue weighted by Crippen LogP contribution is -2.24. The monoisotopic (exact) mass is 323 g/mol. The Labute approximate surface area is 140 Å². The van der Waals surface area contributed by atoms with E-state index in [1.807, 2.05) is 12.1 Å². The molecule has 1 aromatic carbocycles. The van der Waals surface area contributed by atoms with E-state index in [4.69, 9.17) is 9.47 Å². The van der Waals surface area contributed by atoms with E-state index in [1.54, 1.807) is 36.7 Å². The molecule has 6 heteroatoms. The fourth-order valence-corrected chi connectivity index (χ4v) is 2.01. The predicted molar refractivity (Wildman–Crippen MR) is 89.2 cm³/mol. The maximum Gasteiger partial charge on any atom is 0.262 e. The summed E-state index contributed by atoms with van der Waals surface area (Å²) in [4.78, 5) is 16.2. The molecule has 0 spiro atoms. The Morgan fingerprint density at radius 3 is 2.54 bits per heavy atom. The molecule has 24 heavy (non-hydrogen) atoms. The summed E-state index contributed by atoms with van der Waals surface area (Å²) in [5.41, 5.74) is 1.49. The van der Waals surface area contributed by atoms with Crippen LogP contribution in [0.2, 0.25) is 0 Å². The van der Waals surface area contributed by atoms with Crippen molar-refractivity contribution >= 4 is 12.0 Å². The number of ether oxygens (including phenoxy) is 2. The van der Waals surface area contributed by atoms with Crippen molar-refractivity contribution in [1.29, 1.82) is 5.26 Å². The zero-order valence-corrected chi connectivity index (χ0v) is 13.4. The molecule has 0 unspecified atom stereocenters. The van der Waals surface area contributed by atoms with Gasteiger partial charge in [-0.1, -0.05) is 6.07 Å². The van der Waals surface area contributed by atoms with Gasteiger partial charge < -0.3 is 14.8 Å². The van der Waals surface area contributed by atoms with Crippen LogP contribution in [-0.4, -0.2) is 25.1 Å². The van der Waals surface area contributed by atoms with E-state index in [-0.39, 0.29) is 5.57 Å². The highest BCUT2D eigenvalue weighted by Gasteiger charge is 2.10. The molecule has 0 saturated carbocycles. The molecule has 0 aliphatic heterocycles. The summed E-state index contributed by atoms with van der Waals surface area (Å²) in [6, 6.07) is 10.7. The van der Waals surface area contributed by atoms with Crippen LogP contribution in [0.1, 0.15) is 11.1 Å². The van der Waals surface area contributed by atoms with Gasteiger partial charge in [-0.15, -0.1) is 0 Å². The summed E-state index contributed by atoms with van der Waals surface area (Å²) >= 11 is 0. The van der Waals surface area contributed by atoms with Gasteiger partial charge in [0.15, 0.2) is 0 Å². The van der Waals surface area contributed by atoms with Gasteiger partial charge >= 0.3 is 0 Å². The van der Waals surface area contributed by atoms with Gasteiger partial charge in [0.25, 0.3) is 5.91 Å². The van der Waals surface area contributed by atoms with E-state index in [2.05, 4.69) is 10.3 Å². The maximum absolute atomic E-state index is 12.2. The predicted octanol–water partition coefficient (Wildman–Crippen LogP) is 2.32. The Morgan fingerprint density at radius 2 is 2.00 bits per heavy atom. The van der Waals surface area contributed by atoms with Crippen LogP contribution in [0, 0.1) is 11.3 Å². The summed E-state index contributed by atoms with van der Waals surface area (Å²) in [5, 5.41) is 11.9. The molecule has 1 aromatic heterocycles. The molecule has 0 radical (unpaired) electrons.